The maximum atomic E-state index is 13.4. The molecule has 2 N–H and O–H groups in total. The van der Waals surface area contributed by atoms with Gasteiger partial charge in [-0.3, -0.25) is 9.59 Å². The number of rotatable bonds is 6. The fraction of sp³-hybridized carbons (Fsp3) is 0.556. The lowest BCUT2D eigenvalue weighted by atomic mass is 9.61. The van der Waals surface area contributed by atoms with Crippen LogP contribution in [0.3, 0.4) is 0 Å². The molecule has 0 radical (unpaired) electrons. The Hall–Kier alpha value is -2.85. The van der Waals surface area contributed by atoms with Gasteiger partial charge in [0.15, 0.2) is 0 Å². The summed E-state index contributed by atoms with van der Waals surface area (Å²) in [5.74, 6) is -0.433. The monoisotopic (exact) mass is 518 g/mol. The van der Waals surface area contributed by atoms with E-state index in [2.05, 4.69) is 22.6 Å². The largest absolute Gasteiger partial charge is 0.416 e. The number of carbonyl (C=O) groups excluding carboxylic acids is 1. The second-order valence-electron chi connectivity index (χ2n) is 10.9. The lowest BCUT2D eigenvalue weighted by Crippen LogP contribution is -2.63. The smallest absolute Gasteiger partial charge is 0.381 e. The Morgan fingerprint density at radius 3 is 2.54 bits per heavy atom. The highest BCUT2D eigenvalue weighted by molar-refractivity contribution is 5.99. The van der Waals surface area contributed by atoms with Crippen LogP contribution in [-0.2, 0) is 17.5 Å². The molecular formula is C27H33F3N4O3. The molecule has 10 heteroatoms. The van der Waals surface area contributed by atoms with Crippen LogP contribution >= 0.6 is 0 Å². The Kier molecular flexibility index (Phi) is 6.83. The molecule has 3 heterocycles. The molecule has 3 aliphatic rings. The number of nitrogens with zero attached hydrogens (tertiary/aromatic N) is 2. The van der Waals surface area contributed by atoms with Crippen LogP contribution in [0.1, 0.15) is 58.8 Å². The number of anilines is 1. The molecule has 1 amide bonds. The topological polar surface area (TPSA) is 75.6 Å². The predicted octanol–water partition coefficient (Wildman–Crippen LogP) is 3.96. The van der Waals surface area contributed by atoms with E-state index in [1.54, 1.807) is 16.8 Å². The molecule has 37 heavy (non-hydrogen) atoms. The highest BCUT2D eigenvalue weighted by atomic mass is 19.4. The maximum absolute atomic E-state index is 13.4. The van der Waals surface area contributed by atoms with E-state index in [0.717, 1.165) is 32.0 Å². The minimum atomic E-state index is -4.46. The molecule has 2 aromatic rings. The van der Waals surface area contributed by atoms with Gasteiger partial charge in [0.1, 0.15) is 0 Å². The summed E-state index contributed by atoms with van der Waals surface area (Å²) in [5, 5.41) is 6.19. The van der Waals surface area contributed by atoms with Crippen LogP contribution in [0.5, 0.6) is 0 Å². The lowest BCUT2D eigenvalue weighted by Gasteiger charge is -2.58. The van der Waals surface area contributed by atoms with Crippen molar-refractivity contribution in [3.63, 3.8) is 0 Å². The van der Waals surface area contributed by atoms with Gasteiger partial charge in [0.05, 0.1) is 16.8 Å². The maximum Gasteiger partial charge on any atom is 0.416 e. The van der Waals surface area contributed by atoms with Crippen molar-refractivity contribution in [2.45, 2.75) is 57.4 Å². The van der Waals surface area contributed by atoms with Gasteiger partial charge in [-0.2, -0.15) is 13.2 Å². The van der Waals surface area contributed by atoms with Crippen molar-refractivity contribution in [2.75, 3.05) is 38.7 Å². The highest BCUT2D eigenvalue weighted by Crippen LogP contribution is 2.48. The number of aromatic nitrogens is 1. The number of alkyl halides is 3. The molecule has 5 rings (SSSR count). The van der Waals surface area contributed by atoms with Gasteiger partial charge < -0.3 is 24.8 Å². The Morgan fingerprint density at radius 1 is 1.19 bits per heavy atom. The molecule has 2 aliphatic heterocycles. The standard InChI is InChI=1S/C27H33F3N4O3/c1-17-18(4-3-5-22(17)27(28,29)30)13-31-25(36)21-14-34(20-6-8-37-9-7-20)24(35)10-23(21)32-19-11-26(12-19)15-33(2)16-26/h3-5,10,14,19-20,32H,6-9,11-13,15-16H2,1-2H3,(H,31,36). The van der Waals surface area contributed by atoms with Crippen molar-refractivity contribution in [3.8, 4) is 0 Å². The van der Waals surface area contributed by atoms with Crippen LogP contribution in [-0.4, -0.2) is 54.8 Å². The molecule has 1 aliphatic carbocycles. The first-order chi connectivity index (χ1) is 17.5. The van der Waals surface area contributed by atoms with E-state index in [9.17, 15) is 22.8 Å². The van der Waals surface area contributed by atoms with E-state index in [-0.39, 0.29) is 29.8 Å². The van der Waals surface area contributed by atoms with Crippen molar-refractivity contribution >= 4 is 11.6 Å². The van der Waals surface area contributed by atoms with E-state index >= 15 is 0 Å². The van der Waals surface area contributed by atoms with Crippen LogP contribution < -0.4 is 16.2 Å². The second-order valence-corrected chi connectivity index (χ2v) is 10.9. The Labute approximate surface area is 214 Å². The molecule has 3 fully saturated rings. The normalized spacial score (nSPS) is 20.4. The van der Waals surface area contributed by atoms with Gasteiger partial charge in [-0.05, 0) is 62.3 Å². The first-order valence-corrected chi connectivity index (χ1v) is 12.8. The summed E-state index contributed by atoms with van der Waals surface area (Å²) in [7, 11) is 2.09. The summed E-state index contributed by atoms with van der Waals surface area (Å²) in [4.78, 5) is 28.7. The zero-order valence-corrected chi connectivity index (χ0v) is 21.2. The predicted molar refractivity (Wildman–Crippen MR) is 134 cm³/mol. The van der Waals surface area contributed by atoms with Crippen molar-refractivity contribution in [1.29, 1.82) is 0 Å². The average Bonchev–Trinajstić information content (AvgIpc) is 2.81. The van der Waals surface area contributed by atoms with E-state index in [0.29, 0.717) is 48.3 Å². The minimum Gasteiger partial charge on any atom is -0.381 e. The van der Waals surface area contributed by atoms with E-state index in [1.807, 2.05) is 0 Å². The Bertz CT molecular complexity index is 1220. The van der Waals surface area contributed by atoms with Crippen molar-refractivity contribution in [2.24, 2.45) is 5.41 Å². The zero-order valence-electron chi connectivity index (χ0n) is 21.2. The molecule has 200 valence electrons. The van der Waals surface area contributed by atoms with E-state index in [4.69, 9.17) is 4.74 Å². The third kappa shape index (κ3) is 5.27. The van der Waals surface area contributed by atoms with Crippen molar-refractivity contribution in [3.05, 3.63) is 63.1 Å². The second kappa shape index (κ2) is 9.79. The number of hydrogen-bond donors (Lipinski definition) is 2. The zero-order chi connectivity index (χ0) is 26.4. The molecule has 1 aromatic heterocycles. The van der Waals surface area contributed by atoms with Crippen LogP contribution in [0, 0.1) is 12.3 Å². The number of carbonyl (C=O) groups is 1. The molecule has 1 saturated carbocycles. The lowest BCUT2D eigenvalue weighted by molar-refractivity contribution is -0.138. The summed E-state index contributed by atoms with van der Waals surface area (Å²) >= 11 is 0. The molecule has 1 spiro atoms. The molecule has 2 saturated heterocycles. The van der Waals surface area contributed by atoms with E-state index < -0.39 is 17.6 Å². The molecule has 7 nitrogen and oxygen atoms in total. The summed E-state index contributed by atoms with van der Waals surface area (Å²) in [6.45, 7) is 4.56. The van der Waals surface area contributed by atoms with E-state index in [1.165, 1.54) is 19.1 Å². The fourth-order valence-corrected chi connectivity index (χ4v) is 6.21. The number of likely N-dealkylation sites (tertiary alicyclic amines) is 1. The quantitative estimate of drug-likeness (QED) is 0.606. The van der Waals surface area contributed by atoms with Gasteiger partial charge in [0, 0.05) is 57.2 Å². The molecule has 0 unspecified atom stereocenters. The summed E-state index contributed by atoms with van der Waals surface area (Å²) < 4.78 is 47.0. The molecule has 0 atom stereocenters. The van der Waals surface area contributed by atoms with Crippen LogP contribution in [0.15, 0.2) is 35.3 Å². The summed E-state index contributed by atoms with van der Waals surface area (Å²) in [5.41, 5.74) is 0.706. The summed E-state index contributed by atoms with van der Waals surface area (Å²) in [6, 6.07) is 5.56. The third-order valence-corrected chi connectivity index (χ3v) is 8.03. The van der Waals surface area contributed by atoms with Crippen molar-refractivity contribution < 1.29 is 22.7 Å². The SMILES string of the molecule is Cc1c(CNC(=O)c2cn(C3CCOCC3)c(=O)cc2NC2CC3(C2)CN(C)C3)cccc1C(F)(F)F. The first kappa shape index (κ1) is 25.8. The minimum absolute atomic E-state index is 0.0523. The number of nitrogens with one attached hydrogen (secondary N) is 2. The van der Waals surface area contributed by atoms with Crippen molar-refractivity contribution in [1.82, 2.24) is 14.8 Å². The van der Waals surface area contributed by atoms with Crippen LogP contribution in [0.25, 0.3) is 0 Å². The van der Waals surface area contributed by atoms with Crippen LogP contribution in [0.4, 0.5) is 18.9 Å². The Morgan fingerprint density at radius 2 is 1.89 bits per heavy atom. The van der Waals surface area contributed by atoms with Gasteiger partial charge in [0.2, 0.25) is 0 Å². The number of amides is 1. The number of benzene rings is 1. The van der Waals surface area contributed by atoms with Gasteiger partial charge in [-0.15, -0.1) is 0 Å². The average molecular weight is 519 g/mol. The number of halogens is 3. The van der Waals surface area contributed by atoms with Gasteiger partial charge in [-0.25, -0.2) is 0 Å². The molecule has 1 aromatic carbocycles. The van der Waals surface area contributed by atoms with Gasteiger partial charge in [0.25, 0.3) is 11.5 Å². The highest BCUT2D eigenvalue weighted by Gasteiger charge is 2.51. The van der Waals surface area contributed by atoms with Crippen LogP contribution in [0.2, 0.25) is 0 Å². The fourth-order valence-electron chi connectivity index (χ4n) is 6.21. The third-order valence-electron chi connectivity index (χ3n) is 8.03. The van der Waals surface area contributed by atoms with Gasteiger partial charge in [-0.1, -0.05) is 12.1 Å². The number of pyridine rings is 1. The molecule has 0 bridgehead atoms. The molecular weight excluding hydrogens is 485 g/mol. The Balaban J connectivity index is 1.37. The number of hydrogen-bond acceptors (Lipinski definition) is 5. The number of ether oxygens (including phenoxy) is 1. The first-order valence-electron chi connectivity index (χ1n) is 12.8. The summed E-state index contributed by atoms with van der Waals surface area (Å²) in [6.07, 6.45) is 0.442. The van der Waals surface area contributed by atoms with Gasteiger partial charge >= 0.3 is 6.18 Å².